The molecule has 1 aromatic rings. The molecule has 1 rings (SSSR count). The zero-order valence-electron chi connectivity index (χ0n) is 12.1. The van der Waals surface area contributed by atoms with Crippen molar-refractivity contribution in [2.45, 2.75) is 26.3 Å². The molecule has 0 fully saturated rings. The van der Waals surface area contributed by atoms with Gasteiger partial charge in [-0.05, 0) is 19.9 Å². The number of carbonyl (C=O) groups is 1. The molecule has 0 spiro atoms. The van der Waals surface area contributed by atoms with Gasteiger partial charge in [-0.2, -0.15) is 0 Å². The zero-order valence-corrected chi connectivity index (χ0v) is 12.1. The fraction of sp³-hybridized carbons (Fsp3) is 0.615. The van der Waals surface area contributed by atoms with E-state index in [1.165, 1.54) is 17.7 Å². The molecule has 0 radical (unpaired) electrons. The van der Waals surface area contributed by atoms with E-state index in [-0.39, 0.29) is 17.2 Å². The Labute approximate surface area is 117 Å². The van der Waals surface area contributed by atoms with E-state index in [9.17, 15) is 14.4 Å². The highest BCUT2D eigenvalue weighted by molar-refractivity contribution is 5.69. The summed E-state index contributed by atoms with van der Waals surface area (Å²) < 4.78 is 7.30. The van der Waals surface area contributed by atoms with Crippen molar-refractivity contribution in [1.82, 2.24) is 14.5 Å². The predicted octanol–water partition coefficient (Wildman–Crippen LogP) is -0.483. The number of aromatic nitrogens is 2. The van der Waals surface area contributed by atoms with Crippen LogP contribution in [0.3, 0.4) is 0 Å². The van der Waals surface area contributed by atoms with Gasteiger partial charge in [-0.3, -0.25) is 18.7 Å². The quantitative estimate of drug-likeness (QED) is 0.540. The molecule has 0 saturated heterocycles. The number of nitrogens with one attached hydrogen (secondary N) is 1. The van der Waals surface area contributed by atoms with E-state index in [4.69, 9.17) is 4.74 Å². The van der Waals surface area contributed by atoms with Gasteiger partial charge >= 0.3 is 11.7 Å². The Morgan fingerprint density at radius 1 is 1.30 bits per heavy atom. The molecule has 0 aromatic carbocycles. The van der Waals surface area contributed by atoms with Crippen LogP contribution in [0.25, 0.3) is 0 Å². The SMILES string of the molecule is CCOC(=O)CCCNCc1cc(=O)n(C)c(=O)n1C. The summed E-state index contributed by atoms with van der Waals surface area (Å²) in [6.45, 7) is 3.18. The molecule has 0 aliphatic carbocycles. The van der Waals surface area contributed by atoms with Crippen molar-refractivity contribution in [3.05, 3.63) is 32.6 Å². The number of nitrogens with zero attached hydrogens (tertiary/aromatic N) is 2. The minimum absolute atomic E-state index is 0.213. The lowest BCUT2D eigenvalue weighted by Gasteiger charge is -2.10. The van der Waals surface area contributed by atoms with Crippen LogP contribution in [-0.2, 0) is 30.2 Å². The molecule has 7 nitrogen and oxygen atoms in total. The van der Waals surface area contributed by atoms with Gasteiger partial charge < -0.3 is 10.1 Å². The van der Waals surface area contributed by atoms with Crippen LogP contribution in [0.1, 0.15) is 25.5 Å². The van der Waals surface area contributed by atoms with Gasteiger partial charge in [-0.1, -0.05) is 0 Å². The van der Waals surface area contributed by atoms with Gasteiger partial charge in [0.15, 0.2) is 0 Å². The first kappa shape index (κ1) is 16.2. The second-order valence-electron chi connectivity index (χ2n) is 4.46. The molecule has 1 heterocycles. The molecule has 0 unspecified atom stereocenters. The summed E-state index contributed by atoms with van der Waals surface area (Å²) in [7, 11) is 3.07. The van der Waals surface area contributed by atoms with Gasteiger partial charge in [0, 0.05) is 38.8 Å². The van der Waals surface area contributed by atoms with Crippen molar-refractivity contribution >= 4 is 5.97 Å². The highest BCUT2D eigenvalue weighted by Gasteiger charge is 2.05. The molecule has 7 heteroatoms. The molecular formula is C13H21N3O4. The maximum atomic E-state index is 11.7. The Morgan fingerprint density at radius 2 is 2.00 bits per heavy atom. The largest absolute Gasteiger partial charge is 0.466 e. The van der Waals surface area contributed by atoms with Gasteiger partial charge in [-0.25, -0.2) is 4.79 Å². The molecule has 20 heavy (non-hydrogen) atoms. The van der Waals surface area contributed by atoms with E-state index < -0.39 is 0 Å². The second-order valence-corrected chi connectivity index (χ2v) is 4.46. The third-order valence-corrected chi connectivity index (χ3v) is 2.97. The predicted molar refractivity (Wildman–Crippen MR) is 74.5 cm³/mol. The number of hydrogen-bond donors (Lipinski definition) is 1. The Kier molecular flexibility index (Phi) is 6.17. The normalized spacial score (nSPS) is 10.6. The van der Waals surface area contributed by atoms with Crippen molar-refractivity contribution in [1.29, 1.82) is 0 Å². The van der Waals surface area contributed by atoms with E-state index in [1.807, 2.05) is 0 Å². The van der Waals surface area contributed by atoms with E-state index in [0.29, 0.717) is 38.2 Å². The lowest BCUT2D eigenvalue weighted by molar-refractivity contribution is -0.143. The molecule has 0 aliphatic heterocycles. The van der Waals surface area contributed by atoms with Crippen molar-refractivity contribution in [3.8, 4) is 0 Å². The van der Waals surface area contributed by atoms with Gasteiger partial charge in [0.05, 0.1) is 6.61 Å². The third kappa shape index (κ3) is 4.34. The summed E-state index contributed by atoms with van der Waals surface area (Å²) >= 11 is 0. The molecule has 1 N–H and O–H groups in total. The van der Waals surface area contributed by atoms with E-state index in [0.717, 1.165) is 4.57 Å². The zero-order chi connectivity index (χ0) is 15.1. The average Bonchev–Trinajstić information content (AvgIpc) is 2.42. The number of rotatable bonds is 7. The maximum Gasteiger partial charge on any atom is 0.330 e. The monoisotopic (exact) mass is 283 g/mol. The van der Waals surface area contributed by atoms with Crippen LogP contribution < -0.4 is 16.6 Å². The first-order valence-electron chi connectivity index (χ1n) is 6.59. The topological polar surface area (TPSA) is 82.3 Å². The fourth-order valence-corrected chi connectivity index (χ4v) is 1.76. The second kappa shape index (κ2) is 7.64. The smallest absolute Gasteiger partial charge is 0.330 e. The first-order chi connectivity index (χ1) is 9.47. The molecule has 0 bridgehead atoms. The standard InChI is InChI=1S/C13H21N3O4/c1-4-20-12(18)6-5-7-14-9-10-8-11(17)16(3)13(19)15(10)2/h8,14H,4-7,9H2,1-3H3. The summed E-state index contributed by atoms with van der Waals surface area (Å²) in [5.74, 6) is -0.213. The molecule has 0 amide bonds. The van der Waals surface area contributed by atoms with Crippen LogP contribution in [0.4, 0.5) is 0 Å². The van der Waals surface area contributed by atoms with E-state index in [2.05, 4.69) is 5.32 Å². The van der Waals surface area contributed by atoms with Gasteiger partial charge in [0.1, 0.15) is 0 Å². The van der Waals surface area contributed by atoms with Crippen molar-refractivity contribution in [3.63, 3.8) is 0 Å². The molecule has 0 aliphatic rings. The number of hydrogen-bond acceptors (Lipinski definition) is 5. The van der Waals surface area contributed by atoms with E-state index >= 15 is 0 Å². The Bertz CT molecular complexity index is 574. The summed E-state index contributed by atoms with van der Waals surface area (Å²) in [5, 5.41) is 3.10. The van der Waals surface area contributed by atoms with Crippen LogP contribution in [0.5, 0.6) is 0 Å². The first-order valence-corrected chi connectivity index (χ1v) is 6.59. The van der Waals surface area contributed by atoms with Crippen molar-refractivity contribution in [2.75, 3.05) is 13.2 Å². The molecule has 1 aromatic heterocycles. The van der Waals surface area contributed by atoms with Crippen LogP contribution >= 0.6 is 0 Å². The number of ether oxygens (including phenoxy) is 1. The third-order valence-electron chi connectivity index (χ3n) is 2.97. The van der Waals surface area contributed by atoms with Crippen LogP contribution in [0.2, 0.25) is 0 Å². The molecule has 0 saturated carbocycles. The fourth-order valence-electron chi connectivity index (χ4n) is 1.76. The Hall–Kier alpha value is -1.89. The van der Waals surface area contributed by atoms with E-state index in [1.54, 1.807) is 14.0 Å². The number of carbonyl (C=O) groups excluding carboxylic acids is 1. The van der Waals surface area contributed by atoms with Gasteiger partial charge in [0.25, 0.3) is 5.56 Å². The minimum atomic E-state index is -0.346. The maximum absolute atomic E-state index is 11.7. The minimum Gasteiger partial charge on any atom is -0.466 e. The summed E-state index contributed by atoms with van der Waals surface area (Å²) in [6, 6.07) is 1.43. The highest BCUT2D eigenvalue weighted by Crippen LogP contribution is 1.93. The summed E-state index contributed by atoms with van der Waals surface area (Å²) in [6.07, 6.45) is 1.01. The van der Waals surface area contributed by atoms with Crippen LogP contribution in [0.15, 0.2) is 15.7 Å². The Morgan fingerprint density at radius 3 is 2.65 bits per heavy atom. The van der Waals surface area contributed by atoms with Crippen molar-refractivity contribution < 1.29 is 9.53 Å². The average molecular weight is 283 g/mol. The Balaban J connectivity index is 2.46. The van der Waals surface area contributed by atoms with Crippen LogP contribution in [-0.4, -0.2) is 28.3 Å². The number of esters is 1. The van der Waals surface area contributed by atoms with Crippen molar-refractivity contribution in [2.24, 2.45) is 14.1 Å². The lowest BCUT2D eigenvalue weighted by atomic mass is 10.3. The summed E-state index contributed by atoms with van der Waals surface area (Å²) in [4.78, 5) is 34.3. The summed E-state index contributed by atoms with van der Waals surface area (Å²) in [5.41, 5.74) is -0.0496. The molecule has 0 atom stereocenters. The molecule has 112 valence electrons. The van der Waals surface area contributed by atoms with Crippen LogP contribution in [0, 0.1) is 0 Å². The highest BCUT2D eigenvalue weighted by atomic mass is 16.5. The van der Waals surface area contributed by atoms with Gasteiger partial charge in [-0.15, -0.1) is 0 Å². The molecular weight excluding hydrogens is 262 g/mol. The lowest BCUT2D eigenvalue weighted by Crippen LogP contribution is -2.39. The van der Waals surface area contributed by atoms with Gasteiger partial charge in [0.2, 0.25) is 0 Å².